The average molecular weight is 308 g/mol. The largest absolute Gasteiger partial charge is 0.479 e. The van der Waals surface area contributed by atoms with Gasteiger partial charge in [0.25, 0.3) is 0 Å². The van der Waals surface area contributed by atoms with Gasteiger partial charge in [-0.2, -0.15) is 0 Å². The second-order valence-corrected chi connectivity index (χ2v) is 7.90. The fourth-order valence-corrected chi connectivity index (χ4v) is 4.30. The van der Waals surface area contributed by atoms with Gasteiger partial charge in [-0.05, 0) is 6.07 Å². The maximum atomic E-state index is 11.7. The van der Waals surface area contributed by atoms with E-state index in [0.29, 0.717) is 0 Å². The van der Waals surface area contributed by atoms with Gasteiger partial charge in [0.15, 0.2) is 25.8 Å². The molecule has 0 saturated carbocycles. The summed E-state index contributed by atoms with van der Waals surface area (Å²) < 4.78 is 46.5. The van der Waals surface area contributed by atoms with Crippen molar-refractivity contribution in [1.82, 2.24) is 0 Å². The van der Waals surface area contributed by atoms with E-state index in [-0.39, 0.29) is 0 Å². The summed E-state index contributed by atoms with van der Waals surface area (Å²) in [5, 5.41) is 18.2. The van der Waals surface area contributed by atoms with Crippen LogP contribution in [0.5, 0.6) is 0 Å². The summed E-state index contributed by atoms with van der Waals surface area (Å²) in [5.41, 5.74) is -0.474. The Hall–Kier alpha value is -1.45. The smallest absolute Gasteiger partial charge is 0.337 e. The number of hydrogen-bond donors (Lipinski definition) is 2. The van der Waals surface area contributed by atoms with Gasteiger partial charge in [0.05, 0.1) is 9.79 Å². The van der Waals surface area contributed by atoms with Crippen LogP contribution >= 0.6 is 0 Å². The van der Waals surface area contributed by atoms with Crippen LogP contribution in [0.1, 0.15) is 11.7 Å². The van der Waals surface area contributed by atoms with Crippen molar-refractivity contribution in [2.24, 2.45) is 0 Å². The lowest BCUT2D eigenvalue weighted by Crippen LogP contribution is -2.17. The van der Waals surface area contributed by atoms with Gasteiger partial charge < -0.3 is 10.2 Å². The number of aliphatic hydroxyl groups excluding tert-OH is 1. The van der Waals surface area contributed by atoms with Crippen LogP contribution in [-0.4, -0.2) is 45.5 Å². The van der Waals surface area contributed by atoms with Gasteiger partial charge in [0.1, 0.15) is 0 Å². The Balaban J connectivity index is 3.83. The monoisotopic (exact) mass is 308 g/mol. The molecule has 0 aliphatic heterocycles. The summed E-state index contributed by atoms with van der Waals surface area (Å²) in [4.78, 5) is 9.52. The highest BCUT2D eigenvalue weighted by molar-refractivity contribution is 7.93. The molecule has 0 aromatic heterocycles. The van der Waals surface area contributed by atoms with Gasteiger partial charge >= 0.3 is 5.97 Å². The zero-order valence-corrected chi connectivity index (χ0v) is 11.7. The summed E-state index contributed by atoms with van der Waals surface area (Å²) in [5.74, 6) is -1.67. The first-order valence-corrected chi connectivity index (χ1v) is 8.68. The van der Waals surface area contributed by atoms with Crippen LogP contribution in [0.25, 0.3) is 0 Å². The molecule has 1 atom stereocenters. The van der Waals surface area contributed by atoms with Gasteiger partial charge in [-0.3, -0.25) is 0 Å². The predicted octanol–water partition coefficient (Wildman–Crippen LogP) is -0.388. The highest BCUT2D eigenvalue weighted by atomic mass is 32.2. The summed E-state index contributed by atoms with van der Waals surface area (Å²) in [7, 11) is -7.91. The third-order valence-electron chi connectivity index (χ3n) is 2.31. The Morgan fingerprint density at radius 1 is 1.11 bits per heavy atom. The fourth-order valence-electron chi connectivity index (χ4n) is 1.57. The lowest BCUT2D eigenvalue weighted by Gasteiger charge is -2.14. The van der Waals surface area contributed by atoms with Crippen LogP contribution in [0.4, 0.5) is 0 Å². The Bertz CT molecular complexity index is 716. The van der Waals surface area contributed by atoms with Crippen molar-refractivity contribution in [3.8, 4) is 0 Å². The number of carboxylic acid groups (broad SMARTS) is 1. The van der Waals surface area contributed by atoms with Gasteiger partial charge in [-0.1, -0.05) is 12.1 Å². The van der Waals surface area contributed by atoms with E-state index in [1.165, 1.54) is 6.07 Å². The van der Waals surface area contributed by atoms with Crippen molar-refractivity contribution in [3.63, 3.8) is 0 Å². The Morgan fingerprint density at radius 2 is 1.63 bits per heavy atom. The van der Waals surface area contributed by atoms with Crippen LogP contribution < -0.4 is 0 Å². The third-order valence-corrected chi connectivity index (χ3v) is 4.77. The van der Waals surface area contributed by atoms with Crippen molar-refractivity contribution in [2.75, 3.05) is 12.5 Å². The third kappa shape index (κ3) is 3.31. The molecule has 0 spiro atoms. The molecule has 106 valence electrons. The predicted molar refractivity (Wildman–Crippen MR) is 65.3 cm³/mol. The zero-order valence-electron chi connectivity index (χ0n) is 10.1. The molecular formula is C10H12O7S2. The van der Waals surface area contributed by atoms with E-state index in [9.17, 15) is 26.7 Å². The molecule has 0 radical (unpaired) electrons. The maximum absolute atomic E-state index is 11.7. The Kier molecular flexibility index (Phi) is 4.03. The molecule has 9 heteroatoms. The van der Waals surface area contributed by atoms with Crippen molar-refractivity contribution in [3.05, 3.63) is 23.8 Å². The van der Waals surface area contributed by atoms with Crippen LogP contribution in [0.3, 0.4) is 0 Å². The van der Waals surface area contributed by atoms with E-state index in [1.807, 2.05) is 0 Å². The highest BCUT2D eigenvalue weighted by Gasteiger charge is 2.29. The van der Waals surface area contributed by atoms with Gasteiger partial charge in [-0.25, -0.2) is 21.6 Å². The summed E-state index contributed by atoms with van der Waals surface area (Å²) >= 11 is 0. The topological polar surface area (TPSA) is 126 Å². The molecule has 1 aromatic carbocycles. The summed E-state index contributed by atoms with van der Waals surface area (Å²) in [6.45, 7) is 0. The number of benzene rings is 1. The molecule has 0 aliphatic carbocycles. The van der Waals surface area contributed by atoms with E-state index in [2.05, 4.69) is 0 Å². The molecule has 1 unspecified atom stereocenters. The minimum absolute atomic E-state index is 0.474. The average Bonchev–Trinajstić information content (AvgIpc) is 2.24. The molecule has 0 heterocycles. The molecule has 7 nitrogen and oxygen atoms in total. The van der Waals surface area contributed by atoms with Crippen molar-refractivity contribution < 1.29 is 31.8 Å². The van der Waals surface area contributed by atoms with Crippen LogP contribution in [0.2, 0.25) is 0 Å². The normalized spacial score (nSPS) is 14.1. The fraction of sp³-hybridized carbons (Fsp3) is 0.300. The second-order valence-electron chi connectivity index (χ2n) is 3.96. The minimum atomic E-state index is -4.03. The lowest BCUT2D eigenvalue weighted by atomic mass is 10.1. The first-order chi connectivity index (χ1) is 8.46. The molecule has 0 bridgehead atoms. The maximum Gasteiger partial charge on any atom is 0.337 e. The van der Waals surface area contributed by atoms with Crippen LogP contribution in [-0.2, 0) is 24.5 Å². The van der Waals surface area contributed by atoms with Crippen molar-refractivity contribution >= 4 is 25.6 Å². The van der Waals surface area contributed by atoms with Crippen LogP contribution in [0, 0.1) is 0 Å². The molecule has 0 fully saturated rings. The number of hydrogen-bond acceptors (Lipinski definition) is 6. The number of carbonyl (C=O) groups is 1. The van der Waals surface area contributed by atoms with E-state index < -0.39 is 47.1 Å². The Labute approximate surface area is 110 Å². The van der Waals surface area contributed by atoms with Crippen LogP contribution in [0.15, 0.2) is 28.0 Å². The molecule has 2 N–H and O–H groups in total. The molecule has 0 amide bonds. The highest BCUT2D eigenvalue weighted by Crippen LogP contribution is 2.29. The molecular weight excluding hydrogens is 296 g/mol. The van der Waals surface area contributed by atoms with Gasteiger partial charge in [-0.15, -0.1) is 0 Å². The van der Waals surface area contributed by atoms with E-state index in [4.69, 9.17) is 5.11 Å². The van der Waals surface area contributed by atoms with E-state index >= 15 is 0 Å². The zero-order chi connectivity index (χ0) is 15.0. The van der Waals surface area contributed by atoms with E-state index in [0.717, 1.165) is 24.6 Å². The minimum Gasteiger partial charge on any atom is -0.479 e. The number of rotatable bonds is 4. The van der Waals surface area contributed by atoms with Crippen molar-refractivity contribution in [1.29, 1.82) is 0 Å². The number of aliphatic carboxylic acids is 1. The number of carboxylic acids is 1. The molecule has 1 aromatic rings. The summed E-state index contributed by atoms with van der Waals surface area (Å²) in [6, 6.07) is 3.28. The SMILES string of the molecule is CS(=O)(=O)c1cccc(C(O)C(=O)O)c1S(C)(=O)=O. The lowest BCUT2D eigenvalue weighted by molar-refractivity contribution is -0.147. The molecule has 0 aliphatic rings. The molecule has 0 saturated heterocycles. The number of sulfone groups is 2. The van der Waals surface area contributed by atoms with Gasteiger partial charge in [0, 0.05) is 18.1 Å². The first-order valence-electron chi connectivity index (χ1n) is 4.90. The van der Waals surface area contributed by atoms with Crippen molar-refractivity contribution in [2.45, 2.75) is 15.9 Å². The van der Waals surface area contributed by atoms with E-state index in [1.54, 1.807) is 0 Å². The standard InChI is InChI=1S/C10H12O7S2/c1-18(14,15)7-5-3-4-6(8(11)10(12)13)9(7)19(2,16)17/h3-5,8,11H,1-2H3,(H,12,13). The quantitative estimate of drug-likeness (QED) is 0.775. The Morgan fingerprint density at radius 3 is 2.00 bits per heavy atom. The summed E-state index contributed by atoms with van der Waals surface area (Å²) in [6.07, 6.45) is -0.574. The molecule has 1 rings (SSSR count). The number of aliphatic hydroxyl groups is 1. The first kappa shape index (κ1) is 15.6. The molecule has 19 heavy (non-hydrogen) atoms. The van der Waals surface area contributed by atoms with Gasteiger partial charge in [0.2, 0.25) is 0 Å². The second kappa shape index (κ2) is 4.91.